The van der Waals surface area contributed by atoms with Crippen LogP contribution in [0.5, 0.6) is 0 Å². The van der Waals surface area contributed by atoms with Gasteiger partial charge in [-0.2, -0.15) is 4.37 Å². The molecule has 0 unspecified atom stereocenters. The molecule has 0 aliphatic heterocycles. The molecule has 1 heterocycles. The lowest BCUT2D eigenvalue weighted by molar-refractivity contribution is 0.269. The van der Waals surface area contributed by atoms with E-state index in [1.807, 2.05) is 12.3 Å². The molecule has 0 aromatic carbocycles. The van der Waals surface area contributed by atoms with Crippen LogP contribution in [0.15, 0.2) is 5.38 Å². The quantitative estimate of drug-likeness (QED) is 0.844. The van der Waals surface area contributed by atoms with E-state index in [0.29, 0.717) is 0 Å². The smallest absolute Gasteiger partial charge is 0.283 e. The van der Waals surface area contributed by atoms with Crippen molar-refractivity contribution in [1.82, 2.24) is 4.37 Å². The lowest BCUT2D eigenvalue weighted by atomic mass is 10.4. The Morgan fingerprint density at radius 1 is 1.77 bits per heavy atom. The Labute approximate surface area is 86.1 Å². The normalized spacial score (nSPS) is 10.0. The van der Waals surface area contributed by atoms with E-state index in [0.717, 1.165) is 23.6 Å². The molecular weight excluding hydrogens is 204 g/mol. The van der Waals surface area contributed by atoms with Crippen molar-refractivity contribution in [2.75, 3.05) is 11.1 Å². The van der Waals surface area contributed by atoms with Crippen LogP contribution in [-0.2, 0) is 0 Å². The summed E-state index contributed by atoms with van der Waals surface area (Å²) in [5, 5.41) is 4.65. The largest absolute Gasteiger partial charge is 0.314 e. The maximum absolute atomic E-state index is 11.3. The van der Waals surface area contributed by atoms with Crippen molar-refractivity contribution >= 4 is 34.2 Å². The number of rotatable bonds is 3. The van der Waals surface area contributed by atoms with E-state index in [9.17, 15) is 4.79 Å². The number of hydrogen-bond acceptors (Lipinski definition) is 4. The van der Waals surface area contributed by atoms with Gasteiger partial charge in [0.25, 0.3) is 5.24 Å². The van der Waals surface area contributed by atoms with Gasteiger partial charge in [-0.15, -0.1) is 0 Å². The summed E-state index contributed by atoms with van der Waals surface area (Å²) in [6.07, 6.45) is 1.01. The lowest BCUT2D eigenvalue weighted by Crippen LogP contribution is -2.05. The van der Waals surface area contributed by atoms with Crippen LogP contribution in [0.4, 0.5) is 10.5 Å². The van der Waals surface area contributed by atoms with E-state index in [1.165, 1.54) is 23.3 Å². The number of anilines is 1. The van der Waals surface area contributed by atoms with Crippen molar-refractivity contribution in [1.29, 1.82) is 0 Å². The molecule has 1 aromatic heterocycles. The third-order valence-corrected chi connectivity index (χ3v) is 3.12. The molecule has 1 rings (SSSR count). The average molecular weight is 216 g/mol. The first kappa shape index (κ1) is 10.5. The summed E-state index contributed by atoms with van der Waals surface area (Å²) in [4.78, 5) is 11.3. The zero-order valence-corrected chi connectivity index (χ0v) is 9.30. The van der Waals surface area contributed by atoms with Crippen molar-refractivity contribution in [3.63, 3.8) is 0 Å². The molecule has 5 heteroatoms. The van der Waals surface area contributed by atoms with Gasteiger partial charge < -0.3 is 5.32 Å². The van der Waals surface area contributed by atoms with E-state index >= 15 is 0 Å². The van der Waals surface area contributed by atoms with E-state index in [-0.39, 0.29) is 5.24 Å². The monoisotopic (exact) mass is 216 g/mol. The van der Waals surface area contributed by atoms with Crippen LogP contribution in [0.1, 0.15) is 19.0 Å². The molecular formula is C8H12N2OS2. The molecule has 0 saturated carbocycles. The molecule has 0 atom stereocenters. The van der Waals surface area contributed by atoms with Gasteiger partial charge in [-0.05, 0) is 24.9 Å². The molecule has 3 nitrogen and oxygen atoms in total. The number of carbonyl (C=O) groups is 1. The molecule has 0 aliphatic rings. The van der Waals surface area contributed by atoms with E-state index in [2.05, 4.69) is 16.6 Å². The summed E-state index contributed by atoms with van der Waals surface area (Å²) in [5.41, 5.74) is 1.72. The molecule has 1 amide bonds. The van der Waals surface area contributed by atoms with Crippen LogP contribution in [0, 0.1) is 6.92 Å². The van der Waals surface area contributed by atoms with Gasteiger partial charge in [0.15, 0.2) is 0 Å². The number of thioether (sulfide) groups is 1. The maximum atomic E-state index is 11.3. The Bertz CT molecular complexity index is 285. The minimum absolute atomic E-state index is 0.00477. The van der Waals surface area contributed by atoms with Crippen LogP contribution in [0.25, 0.3) is 0 Å². The molecule has 13 heavy (non-hydrogen) atoms. The summed E-state index contributed by atoms with van der Waals surface area (Å²) in [7, 11) is 0. The zero-order valence-electron chi connectivity index (χ0n) is 7.66. The Balaban J connectivity index is 2.41. The Morgan fingerprint density at radius 3 is 3.08 bits per heavy atom. The second-order valence-corrected chi connectivity index (χ2v) is 4.27. The summed E-state index contributed by atoms with van der Waals surface area (Å²) in [6.45, 7) is 3.94. The third kappa shape index (κ3) is 3.36. The van der Waals surface area contributed by atoms with Gasteiger partial charge in [0, 0.05) is 11.1 Å². The Morgan fingerprint density at radius 2 is 2.54 bits per heavy atom. The SMILES string of the molecule is CCCSC(=O)Nc1csnc1C. The molecule has 0 aliphatic carbocycles. The van der Waals surface area contributed by atoms with Gasteiger partial charge >= 0.3 is 0 Å². The highest BCUT2D eigenvalue weighted by Crippen LogP contribution is 2.17. The van der Waals surface area contributed by atoms with E-state index in [4.69, 9.17) is 0 Å². The van der Waals surface area contributed by atoms with Crippen LogP contribution in [-0.4, -0.2) is 15.4 Å². The topological polar surface area (TPSA) is 42.0 Å². The van der Waals surface area contributed by atoms with Crippen molar-refractivity contribution in [3.8, 4) is 0 Å². The van der Waals surface area contributed by atoms with Gasteiger partial charge in [0.1, 0.15) is 0 Å². The van der Waals surface area contributed by atoms with Crippen molar-refractivity contribution < 1.29 is 4.79 Å². The number of nitrogens with zero attached hydrogens (tertiary/aromatic N) is 1. The first-order valence-corrected chi connectivity index (χ1v) is 5.91. The molecule has 1 aromatic rings. The van der Waals surface area contributed by atoms with Gasteiger partial charge in [0.05, 0.1) is 11.4 Å². The van der Waals surface area contributed by atoms with Crippen LogP contribution in [0.2, 0.25) is 0 Å². The van der Waals surface area contributed by atoms with Gasteiger partial charge in [-0.25, -0.2) is 0 Å². The second-order valence-electron chi connectivity index (χ2n) is 2.57. The molecule has 0 saturated heterocycles. The van der Waals surface area contributed by atoms with Gasteiger partial charge in [-0.1, -0.05) is 18.7 Å². The van der Waals surface area contributed by atoms with Crippen molar-refractivity contribution in [2.45, 2.75) is 20.3 Å². The number of hydrogen-bond donors (Lipinski definition) is 1. The fourth-order valence-corrected chi connectivity index (χ4v) is 1.97. The first-order chi connectivity index (χ1) is 6.24. The van der Waals surface area contributed by atoms with E-state index in [1.54, 1.807) is 0 Å². The summed E-state index contributed by atoms with van der Waals surface area (Å²) >= 11 is 2.67. The number of carbonyl (C=O) groups excluding carboxylic acids is 1. The van der Waals surface area contributed by atoms with E-state index < -0.39 is 0 Å². The van der Waals surface area contributed by atoms with Crippen LogP contribution < -0.4 is 5.32 Å². The number of amides is 1. The Kier molecular flexibility index (Phi) is 4.24. The highest BCUT2D eigenvalue weighted by molar-refractivity contribution is 8.13. The fourth-order valence-electron chi connectivity index (χ4n) is 0.753. The predicted octanol–water partition coefficient (Wildman–Crippen LogP) is 3.13. The number of aryl methyl sites for hydroxylation is 1. The predicted molar refractivity (Wildman–Crippen MR) is 58.6 cm³/mol. The van der Waals surface area contributed by atoms with Crippen LogP contribution in [0.3, 0.4) is 0 Å². The number of nitrogens with one attached hydrogen (secondary N) is 1. The molecule has 0 fully saturated rings. The minimum Gasteiger partial charge on any atom is -0.314 e. The second kappa shape index (κ2) is 5.24. The lowest BCUT2D eigenvalue weighted by Gasteiger charge is -2.01. The van der Waals surface area contributed by atoms with Crippen molar-refractivity contribution in [3.05, 3.63) is 11.1 Å². The number of aromatic nitrogens is 1. The molecule has 1 N–H and O–H groups in total. The highest BCUT2D eigenvalue weighted by atomic mass is 32.2. The van der Waals surface area contributed by atoms with Crippen LogP contribution >= 0.6 is 23.3 Å². The molecule has 0 radical (unpaired) electrons. The average Bonchev–Trinajstić information content (AvgIpc) is 2.48. The van der Waals surface area contributed by atoms with Crippen molar-refractivity contribution in [2.24, 2.45) is 0 Å². The van der Waals surface area contributed by atoms with Gasteiger partial charge in [0.2, 0.25) is 0 Å². The Hall–Kier alpha value is -0.550. The first-order valence-electron chi connectivity index (χ1n) is 4.08. The summed E-state index contributed by atoms with van der Waals surface area (Å²) < 4.78 is 4.07. The molecule has 72 valence electrons. The molecule has 0 bridgehead atoms. The van der Waals surface area contributed by atoms with Gasteiger partial charge in [-0.3, -0.25) is 4.79 Å². The molecule has 0 spiro atoms. The summed E-state index contributed by atoms with van der Waals surface area (Å²) in [6, 6.07) is 0. The minimum atomic E-state index is 0.00477. The highest BCUT2D eigenvalue weighted by Gasteiger charge is 2.05. The zero-order chi connectivity index (χ0) is 9.68. The maximum Gasteiger partial charge on any atom is 0.283 e. The third-order valence-electron chi connectivity index (χ3n) is 1.42. The summed E-state index contributed by atoms with van der Waals surface area (Å²) in [5.74, 6) is 0.864. The standard InChI is InChI=1S/C8H12N2OS2/c1-3-4-12-8(11)9-7-5-13-10-6(7)2/h5H,3-4H2,1-2H3,(H,9,11). The fraction of sp³-hybridized carbons (Fsp3) is 0.500.